The van der Waals surface area contributed by atoms with Gasteiger partial charge in [-0.1, -0.05) is 55.6 Å². The topological polar surface area (TPSA) is 292 Å². The molecule has 94 heavy (non-hydrogen) atoms. The normalized spacial score (nSPS) is 9.41. The van der Waals surface area contributed by atoms with Gasteiger partial charge in [-0.2, -0.15) is 38.8 Å². The number of amides is 2. The Bertz CT molecular complexity index is 3930. The summed E-state index contributed by atoms with van der Waals surface area (Å²) in [5.41, 5.74) is 4.06. The Balaban J connectivity index is -0.000000338. The monoisotopic (exact) mass is 1420 g/mol. The van der Waals surface area contributed by atoms with Gasteiger partial charge in [0.15, 0.2) is 25.3 Å². The summed E-state index contributed by atoms with van der Waals surface area (Å²) in [6.45, 7) is 7.78. The zero-order valence-electron chi connectivity index (χ0n) is 51.4. The van der Waals surface area contributed by atoms with Crippen molar-refractivity contribution in [1.82, 2.24) is 44.3 Å². The van der Waals surface area contributed by atoms with E-state index in [1.54, 1.807) is 99.0 Å². The molecule has 3 unspecified atom stereocenters. The van der Waals surface area contributed by atoms with Gasteiger partial charge in [0.25, 0.3) is 5.97 Å². The van der Waals surface area contributed by atoms with Gasteiger partial charge in [0.05, 0.1) is 70.4 Å². The van der Waals surface area contributed by atoms with Crippen molar-refractivity contribution in [2.75, 3.05) is 55.0 Å². The minimum Gasteiger partial charge on any atom is 1.00 e. The number of carboxylic acid groups (broad SMARTS) is 1. The van der Waals surface area contributed by atoms with Crippen LogP contribution in [0, 0.1) is 108 Å². The Labute approximate surface area is 601 Å². The largest absolute Gasteiger partial charge is 1.00 e. The van der Waals surface area contributed by atoms with Crippen LogP contribution in [0.5, 0.6) is 0 Å². The van der Waals surface area contributed by atoms with Crippen molar-refractivity contribution in [1.29, 1.82) is 0 Å². The number of sulfone groups is 1. The number of aromatic nitrogens is 9. The van der Waals surface area contributed by atoms with E-state index in [0.717, 1.165) is 30.2 Å². The summed E-state index contributed by atoms with van der Waals surface area (Å²) in [5.74, 6) is 33.9. The number of anilines is 3. The zero-order valence-corrected chi connectivity index (χ0v) is 58.9. The van der Waals surface area contributed by atoms with Crippen LogP contribution in [0.3, 0.4) is 0 Å². The number of halogens is 4. The molecule has 0 saturated carbocycles. The SMILES string of the molecule is C.C.C#CC#CC#CC#CC.C#CC#CC#CC#CC#C.CC(=O)O.CC(C(=O)N(C)c1cn(-c2cccnc2)nc1Cl)S(C)(=O)=O.CNc1cn(-c2cccnc2)nc1Cl.CSC(C)C(=O)Cl.CSC(C)C(=O)N(C)c1cn(-c2cccnc2)nc1Cl.O=BOO[O-].[Na+]. The van der Waals surface area contributed by atoms with E-state index in [1.165, 1.54) is 52.0 Å². The average molecular weight is 1430 g/mol. The summed E-state index contributed by atoms with van der Waals surface area (Å²) in [6.07, 6.45) is 34.3. The first kappa shape index (κ1) is 94.1. The molecule has 32 heteroatoms. The van der Waals surface area contributed by atoms with Crippen LogP contribution in [0.1, 0.15) is 49.5 Å². The van der Waals surface area contributed by atoms with Gasteiger partial charge in [-0.3, -0.25) is 34.1 Å². The van der Waals surface area contributed by atoms with Crippen LogP contribution in [-0.4, -0.2) is 144 Å². The molecule has 0 aromatic carbocycles. The molecule has 6 heterocycles. The molecule has 0 saturated heterocycles. The Kier molecular flexibility index (Phi) is 56.0. The van der Waals surface area contributed by atoms with Crippen molar-refractivity contribution >= 4 is 127 Å². The first-order valence-electron chi connectivity index (χ1n) is 24.7. The fourth-order valence-electron chi connectivity index (χ4n) is 5.09. The standard InChI is InChI=1S/C13H15ClN4O3S.C13H15ClN4OS.C10H2.C9H9ClN4.C9H4.C4H7ClOS.C2H4O2.2CH4.BHO4.Na/c1-9(22(3,20)21)13(19)17(2)11-8-18(16-12(11)14)10-5-4-6-15-7-10;1-9(20-3)13(19)17(2)11-8-18(16-12(11)14)10-5-4-6-15-7-10;1-3-5-7-9-10-8-6-4-2;1-11-8-6-14(13-9(8)10)7-3-2-4-12-5-7;1-3-5-7-9-8-6-4-2;1-3(7-2)4(5)6;1-2(3)4;;;2-1-4-5-3;/h4-9H,1-3H3;4-9H,1-3H3;1-2H;2-6,11H,1H3;1H,2H3;3H,1-2H3;1H3,(H,3,4);2*1H4;3H;/q;;;;;;;;;;+1/p-1. The summed E-state index contributed by atoms with van der Waals surface area (Å²) in [7, 11) is 1.37. The molecule has 6 aromatic rings. The van der Waals surface area contributed by atoms with Crippen molar-refractivity contribution in [3.8, 4) is 125 Å². The van der Waals surface area contributed by atoms with Gasteiger partial charge in [-0.15, -0.1) is 19.3 Å². The van der Waals surface area contributed by atoms with E-state index in [4.69, 9.17) is 85.5 Å². The van der Waals surface area contributed by atoms with Crippen LogP contribution in [0.25, 0.3) is 17.1 Å². The minimum atomic E-state index is -3.48. The number of hydrogen-bond acceptors (Lipinski definition) is 19. The van der Waals surface area contributed by atoms with Crippen molar-refractivity contribution in [3.05, 3.63) is 108 Å². The Morgan fingerprint density at radius 2 is 1.01 bits per heavy atom. The molecule has 0 radical (unpaired) electrons. The maximum absolute atomic E-state index is 12.2. The number of nitrogens with zero attached hydrogens (tertiary/aromatic N) is 11. The smallest absolute Gasteiger partial charge is 1.00 e. The minimum absolute atomic E-state index is 0. The van der Waals surface area contributed by atoms with Crippen molar-refractivity contribution in [2.45, 2.75) is 65.2 Å². The molecule has 2 N–H and O–H groups in total. The Morgan fingerprint density at radius 3 is 1.27 bits per heavy atom. The zero-order chi connectivity index (χ0) is 69.3. The molecule has 23 nitrogen and oxygen atoms in total. The number of carboxylic acids is 1. The molecule has 0 aliphatic rings. The number of aliphatic carboxylic acids is 1. The molecule has 0 spiro atoms. The second kappa shape index (κ2) is 56.0. The van der Waals surface area contributed by atoms with Crippen molar-refractivity contribution in [2.24, 2.45) is 0 Å². The Hall–Kier alpha value is -8.61. The van der Waals surface area contributed by atoms with Gasteiger partial charge < -0.3 is 20.2 Å². The number of thioether (sulfide) groups is 2. The average Bonchev–Trinajstić information content (AvgIpc) is 1.69. The van der Waals surface area contributed by atoms with Crippen molar-refractivity contribution in [3.63, 3.8) is 0 Å². The number of carbonyl (C=O) groups is 4. The first-order chi connectivity index (χ1) is 43.2. The number of pyridine rings is 3. The number of hydrogen-bond donors (Lipinski definition) is 2. The third kappa shape index (κ3) is 40.4. The molecule has 0 aliphatic heterocycles. The summed E-state index contributed by atoms with van der Waals surface area (Å²) < 4.78 is 36.6. The van der Waals surface area contributed by atoms with E-state index in [-0.39, 0.29) is 83.7 Å². The predicted octanol–water partition coefficient (Wildman–Crippen LogP) is 4.87. The van der Waals surface area contributed by atoms with Crippen LogP contribution in [0.4, 0.5) is 17.1 Å². The predicted molar refractivity (Wildman–Crippen MR) is 371 cm³/mol. The first-order valence-corrected chi connectivity index (χ1v) is 30.8. The second-order valence-corrected chi connectivity index (χ2v) is 22.0. The molecule has 0 bridgehead atoms. The molecular formula is C62H64BCl4N12NaO11S3. The molecule has 0 fully saturated rings. The molecule has 0 aliphatic carbocycles. The van der Waals surface area contributed by atoms with Gasteiger partial charge in [0, 0.05) is 52.9 Å². The number of terminal acetylenes is 3. The number of nitrogens with one attached hydrogen (secondary N) is 1. The summed E-state index contributed by atoms with van der Waals surface area (Å²) in [5, 5.41) is 33.2. The maximum atomic E-state index is 12.2. The summed E-state index contributed by atoms with van der Waals surface area (Å²) in [6, 6.07) is 11.0. The summed E-state index contributed by atoms with van der Waals surface area (Å²) >= 11 is 26.1. The van der Waals surface area contributed by atoms with Gasteiger partial charge in [0.1, 0.15) is 16.6 Å². The van der Waals surface area contributed by atoms with Crippen LogP contribution in [0.2, 0.25) is 15.5 Å². The van der Waals surface area contributed by atoms with Crippen LogP contribution >= 0.6 is 69.9 Å². The molecule has 2 amide bonds. The van der Waals surface area contributed by atoms with E-state index in [9.17, 15) is 22.8 Å². The fourth-order valence-corrected chi connectivity index (χ4v) is 7.16. The molecular weight excluding hydrogens is 1360 g/mol. The molecule has 3 atom stereocenters. The molecule has 6 rings (SSSR count). The van der Waals surface area contributed by atoms with Gasteiger partial charge in [0.2, 0.25) is 17.1 Å². The van der Waals surface area contributed by atoms with E-state index in [2.05, 4.69) is 134 Å². The van der Waals surface area contributed by atoms with Gasteiger partial charge >= 0.3 is 56.7 Å². The number of carbonyl (C=O) groups excluding carboxylic acids is 3. The third-order valence-electron chi connectivity index (χ3n) is 9.70. The maximum Gasteiger partial charge on any atom is 1.00 e. The molecule has 6 aromatic heterocycles. The Morgan fingerprint density at radius 1 is 0.670 bits per heavy atom. The van der Waals surface area contributed by atoms with Crippen LogP contribution in [-0.2, 0) is 43.6 Å². The molecule has 488 valence electrons. The van der Waals surface area contributed by atoms with Crippen molar-refractivity contribution < 1.29 is 82.1 Å². The quantitative estimate of drug-likeness (QED) is 0.0483. The number of rotatable bonds is 14. The second-order valence-electron chi connectivity index (χ2n) is 15.8. The third-order valence-corrected chi connectivity index (χ3v) is 14.3. The summed E-state index contributed by atoms with van der Waals surface area (Å²) in [4.78, 5) is 61.3. The van der Waals surface area contributed by atoms with Gasteiger partial charge in [-0.25, -0.2) is 22.5 Å². The van der Waals surface area contributed by atoms with E-state index < -0.39 is 27.0 Å². The van der Waals surface area contributed by atoms with Gasteiger partial charge in [-0.05, 0) is 171 Å². The van der Waals surface area contributed by atoms with E-state index in [0.29, 0.717) is 22.2 Å². The van der Waals surface area contributed by atoms with Crippen LogP contribution in [0.15, 0.2) is 92.2 Å². The van der Waals surface area contributed by atoms with E-state index >= 15 is 0 Å². The fraction of sp³-hybridized carbons (Fsp3) is 0.258. The van der Waals surface area contributed by atoms with E-state index in [1.807, 2.05) is 49.9 Å². The van der Waals surface area contributed by atoms with Crippen LogP contribution < -0.4 is 49.9 Å².